The third-order valence-corrected chi connectivity index (χ3v) is 2.87. The van der Waals surface area contributed by atoms with Crippen LogP contribution < -0.4 is 5.73 Å². The molecular formula is C10H11BrClNO. The molecule has 2 nitrogen and oxygen atoms in total. The quantitative estimate of drug-likeness (QED) is 0.678. The molecule has 2 N–H and O–H groups in total. The van der Waals surface area contributed by atoms with E-state index in [0.29, 0.717) is 17.4 Å². The van der Waals surface area contributed by atoms with E-state index in [1.807, 2.05) is 18.2 Å². The Morgan fingerprint density at radius 3 is 2.64 bits per heavy atom. The summed E-state index contributed by atoms with van der Waals surface area (Å²) in [6.07, 6.45) is 0.316. The van der Waals surface area contributed by atoms with Crippen LogP contribution in [0.2, 0.25) is 0 Å². The Hall–Kier alpha value is -0.540. The lowest BCUT2D eigenvalue weighted by Gasteiger charge is -2.07. The molecule has 0 fully saturated rings. The zero-order valence-corrected chi connectivity index (χ0v) is 9.94. The van der Waals surface area contributed by atoms with Crippen molar-refractivity contribution in [1.29, 1.82) is 0 Å². The van der Waals surface area contributed by atoms with Gasteiger partial charge < -0.3 is 5.73 Å². The number of rotatable bonds is 4. The Kier molecular flexibility index (Phi) is 4.42. The second-order valence-electron chi connectivity index (χ2n) is 2.97. The standard InChI is InChI=1S/C10H11BrClNO/c11-5-8-3-1-2-7(10(8)13)4-9(14)6-12/h1-3H,4-6,13H2. The van der Waals surface area contributed by atoms with Crippen LogP contribution in [0, 0.1) is 0 Å². The van der Waals surface area contributed by atoms with Gasteiger partial charge >= 0.3 is 0 Å². The van der Waals surface area contributed by atoms with Gasteiger partial charge in [-0.15, -0.1) is 11.6 Å². The average Bonchev–Trinajstić information content (AvgIpc) is 2.21. The van der Waals surface area contributed by atoms with Crippen LogP contribution in [0.1, 0.15) is 11.1 Å². The largest absolute Gasteiger partial charge is 0.398 e. The Bertz CT molecular complexity index is 341. The van der Waals surface area contributed by atoms with Gasteiger partial charge in [-0.05, 0) is 11.1 Å². The number of para-hydroxylation sites is 1. The lowest BCUT2D eigenvalue weighted by atomic mass is 10.0. The molecule has 0 unspecified atom stereocenters. The van der Waals surface area contributed by atoms with Crippen molar-refractivity contribution < 1.29 is 4.79 Å². The van der Waals surface area contributed by atoms with Crippen LogP contribution in [-0.4, -0.2) is 11.7 Å². The monoisotopic (exact) mass is 275 g/mol. The van der Waals surface area contributed by atoms with Crippen LogP contribution in [0.3, 0.4) is 0 Å². The summed E-state index contributed by atoms with van der Waals surface area (Å²) in [5.74, 6) is 0.0305. The Morgan fingerprint density at radius 1 is 1.43 bits per heavy atom. The molecule has 0 saturated carbocycles. The normalized spacial score (nSPS) is 10.1. The maximum atomic E-state index is 11.1. The fourth-order valence-corrected chi connectivity index (χ4v) is 1.78. The number of nitrogen functional groups attached to an aromatic ring is 1. The second kappa shape index (κ2) is 5.37. The summed E-state index contributed by atoms with van der Waals surface area (Å²) in [5, 5.41) is 0.696. The van der Waals surface area contributed by atoms with Gasteiger partial charge in [0.1, 0.15) is 0 Å². The van der Waals surface area contributed by atoms with Crippen molar-refractivity contribution in [3.05, 3.63) is 29.3 Å². The number of carbonyl (C=O) groups excluding carboxylic acids is 1. The van der Waals surface area contributed by atoms with Crippen molar-refractivity contribution in [2.24, 2.45) is 0 Å². The molecule has 0 saturated heterocycles. The van der Waals surface area contributed by atoms with Crippen molar-refractivity contribution in [2.45, 2.75) is 11.8 Å². The van der Waals surface area contributed by atoms with E-state index < -0.39 is 0 Å². The predicted octanol–water partition coefficient (Wildman–Crippen LogP) is 2.51. The van der Waals surface area contributed by atoms with Crippen molar-refractivity contribution in [3.8, 4) is 0 Å². The number of nitrogens with two attached hydrogens (primary N) is 1. The van der Waals surface area contributed by atoms with Gasteiger partial charge in [0.2, 0.25) is 0 Å². The molecule has 1 aromatic rings. The zero-order valence-electron chi connectivity index (χ0n) is 7.59. The van der Waals surface area contributed by atoms with Crippen LogP contribution in [-0.2, 0) is 16.5 Å². The number of halogens is 2. The minimum absolute atomic E-state index is 0.00918. The molecule has 0 radical (unpaired) electrons. The van der Waals surface area contributed by atoms with Gasteiger partial charge in [-0.3, -0.25) is 4.79 Å². The fraction of sp³-hybridized carbons (Fsp3) is 0.300. The smallest absolute Gasteiger partial charge is 0.152 e. The fourth-order valence-electron chi connectivity index (χ4n) is 1.20. The highest BCUT2D eigenvalue weighted by Crippen LogP contribution is 2.20. The summed E-state index contributed by atoms with van der Waals surface area (Å²) in [4.78, 5) is 11.1. The van der Waals surface area contributed by atoms with Crippen molar-refractivity contribution in [3.63, 3.8) is 0 Å². The van der Waals surface area contributed by atoms with Crippen molar-refractivity contribution in [2.75, 3.05) is 11.6 Å². The number of hydrogen-bond acceptors (Lipinski definition) is 2. The van der Waals surface area contributed by atoms with Crippen LogP contribution >= 0.6 is 27.5 Å². The minimum atomic E-state index is -0.00918. The molecular weight excluding hydrogens is 265 g/mol. The Morgan fingerprint density at radius 2 is 2.07 bits per heavy atom. The highest BCUT2D eigenvalue weighted by Gasteiger charge is 2.07. The topological polar surface area (TPSA) is 43.1 Å². The summed E-state index contributed by atoms with van der Waals surface area (Å²) >= 11 is 8.76. The minimum Gasteiger partial charge on any atom is -0.398 e. The van der Waals surface area contributed by atoms with E-state index in [1.54, 1.807) is 0 Å². The third kappa shape index (κ3) is 2.72. The molecule has 76 valence electrons. The molecule has 0 bridgehead atoms. The van der Waals surface area contributed by atoms with Crippen LogP contribution in [0.25, 0.3) is 0 Å². The van der Waals surface area contributed by atoms with Crippen molar-refractivity contribution >= 4 is 39.0 Å². The Balaban J connectivity index is 2.92. The summed E-state index contributed by atoms with van der Waals surface area (Å²) in [6.45, 7) is 0. The maximum Gasteiger partial charge on any atom is 0.152 e. The molecule has 0 aliphatic heterocycles. The average molecular weight is 277 g/mol. The number of benzene rings is 1. The first-order valence-corrected chi connectivity index (χ1v) is 5.84. The second-order valence-corrected chi connectivity index (χ2v) is 3.80. The molecule has 1 rings (SSSR count). The van der Waals surface area contributed by atoms with E-state index in [0.717, 1.165) is 11.1 Å². The molecule has 0 amide bonds. The van der Waals surface area contributed by atoms with E-state index in [4.69, 9.17) is 17.3 Å². The van der Waals surface area contributed by atoms with Crippen LogP contribution in [0.4, 0.5) is 5.69 Å². The molecule has 14 heavy (non-hydrogen) atoms. The van der Waals surface area contributed by atoms with E-state index in [9.17, 15) is 4.79 Å². The van der Waals surface area contributed by atoms with Crippen molar-refractivity contribution in [1.82, 2.24) is 0 Å². The van der Waals surface area contributed by atoms with Crippen LogP contribution in [0.15, 0.2) is 18.2 Å². The summed E-state index contributed by atoms with van der Waals surface area (Å²) < 4.78 is 0. The lowest BCUT2D eigenvalue weighted by molar-refractivity contribution is -0.116. The van der Waals surface area contributed by atoms with Gasteiger partial charge in [0.15, 0.2) is 5.78 Å². The molecule has 0 heterocycles. The number of Topliss-reactive ketones (excluding diaryl/α,β-unsaturated/α-hetero) is 1. The zero-order chi connectivity index (χ0) is 10.6. The number of carbonyl (C=O) groups is 1. The highest BCUT2D eigenvalue weighted by molar-refractivity contribution is 9.08. The number of alkyl halides is 2. The number of anilines is 1. The first-order valence-electron chi connectivity index (χ1n) is 4.19. The van der Waals surface area contributed by atoms with Gasteiger partial charge in [0, 0.05) is 17.4 Å². The number of hydrogen-bond donors (Lipinski definition) is 1. The van der Waals surface area contributed by atoms with E-state index in [1.165, 1.54) is 0 Å². The lowest BCUT2D eigenvalue weighted by Crippen LogP contribution is -2.07. The predicted molar refractivity (Wildman–Crippen MR) is 62.9 cm³/mol. The summed E-state index contributed by atoms with van der Waals surface area (Å²) in [6, 6.07) is 5.68. The van der Waals surface area contributed by atoms with Gasteiger partial charge in [-0.25, -0.2) is 0 Å². The molecule has 0 aliphatic carbocycles. The highest BCUT2D eigenvalue weighted by atomic mass is 79.9. The molecule has 0 atom stereocenters. The van der Waals surface area contributed by atoms with Gasteiger partial charge in [0.05, 0.1) is 5.88 Å². The molecule has 1 aromatic carbocycles. The number of ketones is 1. The van der Waals surface area contributed by atoms with Gasteiger partial charge in [-0.2, -0.15) is 0 Å². The van der Waals surface area contributed by atoms with Gasteiger partial charge in [0.25, 0.3) is 0 Å². The third-order valence-electron chi connectivity index (χ3n) is 1.97. The first-order chi connectivity index (χ1) is 6.69. The molecule has 0 aromatic heterocycles. The molecule has 0 spiro atoms. The summed E-state index contributed by atoms with van der Waals surface area (Å²) in [7, 11) is 0. The molecule has 4 heteroatoms. The summed E-state index contributed by atoms with van der Waals surface area (Å²) in [5.41, 5.74) is 8.41. The Labute approximate surface area is 96.6 Å². The van der Waals surface area contributed by atoms with E-state index >= 15 is 0 Å². The maximum absolute atomic E-state index is 11.1. The van der Waals surface area contributed by atoms with E-state index in [2.05, 4.69) is 15.9 Å². The van der Waals surface area contributed by atoms with Gasteiger partial charge in [-0.1, -0.05) is 34.1 Å². The molecule has 0 aliphatic rings. The van der Waals surface area contributed by atoms with E-state index in [-0.39, 0.29) is 11.7 Å². The SMILES string of the molecule is Nc1c(CBr)cccc1CC(=O)CCl. The first kappa shape index (κ1) is 11.5. The van der Waals surface area contributed by atoms with Crippen LogP contribution in [0.5, 0.6) is 0 Å².